The number of carbonyl (C=O) groups excluding carboxylic acids is 2. The third kappa shape index (κ3) is 8.86. The van der Waals surface area contributed by atoms with Crippen LogP contribution in [0, 0.1) is 0 Å². The van der Waals surface area contributed by atoms with Crippen molar-refractivity contribution in [1.82, 2.24) is 5.32 Å². The molecule has 0 fully saturated rings. The summed E-state index contributed by atoms with van der Waals surface area (Å²) in [4.78, 5) is 21.7. The van der Waals surface area contributed by atoms with Gasteiger partial charge in [-0.05, 0) is 0 Å². The largest absolute Gasteiger partial charge is 0.397 e. The summed E-state index contributed by atoms with van der Waals surface area (Å²) in [6.07, 6.45) is -6.94. The SMILES string of the molecule is CC(=O)N[C@@H](C=O)[C@@H](O)[C@@H](OS(=O)(=O)O)[C@@H](CO)OS(=O)(=O)O. The molecule has 13 nitrogen and oxygen atoms in total. The number of carbonyl (C=O) groups is 2. The first-order valence-electron chi connectivity index (χ1n) is 5.63. The van der Waals surface area contributed by atoms with E-state index in [1.807, 2.05) is 5.32 Å². The molecule has 0 radical (unpaired) electrons. The van der Waals surface area contributed by atoms with Gasteiger partial charge in [0, 0.05) is 6.92 Å². The van der Waals surface area contributed by atoms with Gasteiger partial charge in [-0.25, -0.2) is 8.37 Å². The van der Waals surface area contributed by atoms with Crippen LogP contribution in [0.4, 0.5) is 0 Å². The fraction of sp³-hybridized carbons (Fsp3) is 0.750. The van der Waals surface area contributed by atoms with E-state index in [9.17, 15) is 31.5 Å². The van der Waals surface area contributed by atoms with Crippen molar-refractivity contribution in [2.24, 2.45) is 0 Å². The van der Waals surface area contributed by atoms with E-state index in [0.29, 0.717) is 0 Å². The molecule has 5 N–H and O–H groups in total. The molecule has 0 rings (SSSR count). The van der Waals surface area contributed by atoms with Crippen molar-refractivity contribution in [3.05, 3.63) is 0 Å². The van der Waals surface area contributed by atoms with E-state index >= 15 is 0 Å². The maximum Gasteiger partial charge on any atom is 0.397 e. The van der Waals surface area contributed by atoms with E-state index in [1.54, 1.807) is 0 Å². The molecule has 0 saturated heterocycles. The van der Waals surface area contributed by atoms with Gasteiger partial charge in [-0.15, -0.1) is 0 Å². The Morgan fingerprint density at radius 1 is 1.17 bits per heavy atom. The highest BCUT2D eigenvalue weighted by Crippen LogP contribution is 2.16. The molecule has 0 aliphatic carbocycles. The fourth-order valence-electron chi connectivity index (χ4n) is 1.46. The molecule has 0 aromatic rings. The second-order valence-electron chi connectivity index (χ2n) is 4.09. The summed E-state index contributed by atoms with van der Waals surface area (Å²) in [5.74, 6) is -0.831. The molecule has 0 bridgehead atoms. The van der Waals surface area contributed by atoms with Gasteiger partial charge < -0.3 is 20.3 Å². The highest BCUT2D eigenvalue weighted by atomic mass is 32.3. The summed E-state index contributed by atoms with van der Waals surface area (Å²) in [5, 5.41) is 20.7. The minimum Gasteiger partial charge on any atom is -0.394 e. The number of aldehydes is 1. The van der Waals surface area contributed by atoms with Crippen LogP contribution in [0.2, 0.25) is 0 Å². The smallest absolute Gasteiger partial charge is 0.394 e. The zero-order chi connectivity index (χ0) is 18.4. The van der Waals surface area contributed by atoms with Crippen LogP contribution in [0.5, 0.6) is 0 Å². The van der Waals surface area contributed by atoms with Crippen LogP contribution in [0.25, 0.3) is 0 Å². The lowest BCUT2D eigenvalue weighted by Crippen LogP contribution is -2.55. The van der Waals surface area contributed by atoms with Crippen molar-refractivity contribution < 1.29 is 54.1 Å². The van der Waals surface area contributed by atoms with E-state index in [2.05, 4.69) is 8.37 Å². The van der Waals surface area contributed by atoms with E-state index in [0.717, 1.165) is 6.92 Å². The second kappa shape index (κ2) is 8.60. The van der Waals surface area contributed by atoms with E-state index in [1.165, 1.54) is 0 Å². The molecule has 15 heteroatoms. The predicted molar refractivity (Wildman–Crippen MR) is 69.6 cm³/mol. The van der Waals surface area contributed by atoms with E-state index in [4.69, 9.17) is 14.2 Å². The lowest BCUT2D eigenvalue weighted by atomic mass is 10.0. The van der Waals surface area contributed by atoms with Crippen LogP contribution in [0.15, 0.2) is 0 Å². The summed E-state index contributed by atoms with van der Waals surface area (Å²) in [5.41, 5.74) is 0. The molecule has 0 aliphatic heterocycles. The number of hydrogen-bond acceptors (Lipinski definition) is 10. The molecule has 1 amide bonds. The van der Waals surface area contributed by atoms with Gasteiger partial charge in [0.15, 0.2) is 0 Å². The normalized spacial score (nSPS) is 17.8. The average Bonchev–Trinajstić information content (AvgIpc) is 2.36. The Morgan fingerprint density at radius 2 is 1.65 bits per heavy atom. The molecular weight excluding hydrogens is 366 g/mol. The van der Waals surface area contributed by atoms with Gasteiger partial charge in [0.1, 0.15) is 30.6 Å². The van der Waals surface area contributed by atoms with E-state index < -0.39 is 57.7 Å². The number of rotatable bonds is 10. The lowest BCUT2D eigenvalue weighted by Gasteiger charge is -2.29. The average molecular weight is 381 g/mol. The number of aliphatic hydroxyl groups is 2. The Labute approximate surface area is 131 Å². The maximum absolute atomic E-state index is 10.9. The van der Waals surface area contributed by atoms with Crippen LogP contribution in [-0.4, -0.2) is 79.3 Å². The number of aliphatic hydroxyl groups excluding tert-OH is 2. The summed E-state index contributed by atoms with van der Waals surface area (Å²) in [6.45, 7) is -0.372. The van der Waals surface area contributed by atoms with Crippen LogP contribution in [0.3, 0.4) is 0 Å². The van der Waals surface area contributed by atoms with Crippen LogP contribution >= 0.6 is 0 Å². The Morgan fingerprint density at radius 3 is 1.96 bits per heavy atom. The first kappa shape index (κ1) is 21.8. The van der Waals surface area contributed by atoms with Crippen molar-refractivity contribution in [1.29, 1.82) is 0 Å². The maximum atomic E-state index is 10.9. The topological polar surface area (TPSA) is 214 Å². The molecule has 0 unspecified atom stereocenters. The van der Waals surface area contributed by atoms with Gasteiger partial charge in [0.25, 0.3) is 0 Å². The number of hydrogen-bond donors (Lipinski definition) is 5. The van der Waals surface area contributed by atoms with Gasteiger partial charge in [0.05, 0.1) is 6.61 Å². The fourth-order valence-corrected chi connectivity index (χ4v) is 2.46. The number of nitrogens with one attached hydrogen (secondary N) is 1. The van der Waals surface area contributed by atoms with Crippen molar-refractivity contribution in [2.45, 2.75) is 31.3 Å². The molecule has 0 aromatic carbocycles. The summed E-state index contributed by atoms with van der Waals surface area (Å²) >= 11 is 0. The predicted octanol–water partition coefficient (Wildman–Crippen LogP) is -3.58. The van der Waals surface area contributed by atoms with E-state index in [-0.39, 0.29) is 6.29 Å². The Bertz CT molecular complexity index is 613. The highest BCUT2D eigenvalue weighted by Gasteiger charge is 2.40. The monoisotopic (exact) mass is 381 g/mol. The second-order valence-corrected chi connectivity index (χ2v) is 6.18. The highest BCUT2D eigenvalue weighted by molar-refractivity contribution is 7.81. The third-order valence-electron chi connectivity index (χ3n) is 2.25. The molecule has 136 valence electrons. The summed E-state index contributed by atoms with van der Waals surface area (Å²) in [7, 11) is -10.5. The Kier molecular flexibility index (Phi) is 8.15. The van der Waals surface area contributed by atoms with Crippen LogP contribution in [0.1, 0.15) is 6.92 Å². The molecule has 0 aliphatic rings. The van der Waals surface area contributed by atoms with Crippen molar-refractivity contribution >= 4 is 33.0 Å². The Balaban J connectivity index is 5.64. The Hall–Kier alpha value is -1.20. The third-order valence-corrected chi connectivity index (χ3v) is 3.20. The minimum atomic E-state index is -5.31. The van der Waals surface area contributed by atoms with Crippen molar-refractivity contribution in [2.75, 3.05) is 6.61 Å². The molecule has 23 heavy (non-hydrogen) atoms. The molecular formula is C8H15NO12S2. The van der Waals surface area contributed by atoms with Gasteiger partial charge in [-0.2, -0.15) is 16.8 Å². The van der Waals surface area contributed by atoms with Crippen LogP contribution in [-0.2, 0) is 38.8 Å². The standard InChI is InChI=1S/C8H15NO12S2/c1-4(12)9-5(2-10)7(13)8(21-23(17,18)19)6(3-11)20-22(14,15)16/h2,5-8,11,13H,3H2,1H3,(H,9,12)(H,14,15,16)(H,17,18,19)/t5-,6+,7+,8-/m0/s1. The van der Waals surface area contributed by atoms with Gasteiger partial charge in [-0.1, -0.05) is 0 Å². The van der Waals surface area contributed by atoms with Gasteiger partial charge in [0.2, 0.25) is 5.91 Å². The molecule has 4 atom stereocenters. The summed E-state index contributed by atoms with van der Waals surface area (Å²) < 4.78 is 67.9. The molecule has 0 saturated carbocycles. The first-order chi connectivity index (χ1) is 10.3. The number of amides is 1. The molecule has 0 aromatic heterocycles. The summed E-state index contributed by atoms with van der Waals surface area (Å²) in [6, 6.07) is -1.81. The van der Waals surface area contributed by atoms with Gasteiger partial charge in [-0.3, -0.25) is 13.9 Å². The van der Waals surface area contributed by atoms with Gasteiger partial charge >= 0.3 is 20.8 Å². The van der Waals surface area contributed by atoms with Crippen molar-refractivity contribution in [3.8, 4) is 0 Å². The molecule has 0 heterocycles. The minimum absolute atomic E-state index is 0.0473. The lowest BCUT2D eigenvalue weighted by molar-refractivity contribution is -0.127. The van der Waals surface area contributed by atoms with Crippen LogP contribution < -0.4 is 5.32 Å². The zero-order valence-electron chi connectivity index (χ0n) is 11.5. The molecule has 0 spiro atoms. The van der Waals surface area contributed by atoms with Crippen molar-refractivity contribution in [3.63, 3.8) is 0 Å². The first-order valence-corrected chi connectivity index (χ1v) is 8.36. The zero-order valence-corrected chi connectivity index (χ0v) is 13.1. The quantitative estimate of drug-likeness (QED) is 0.183.